The molecule has 1 aromatic heterocycles. The maximum atomic E-state index is 4.27. The Hall–Kier alpha value is -0.900. The molecule has 3 rings (SSSR count). The Labute approximate surface area is 90.1 Å². The first kappa shape index (κ1) is 9.33. The van der Waals surface area contributed by atoms with Gasteiger partial charge >= 0.3 is 0 Å². The molecule has 4 heteroatoms. The summed E-state index contributed by atoms with van der Waals surface area (Å²) in [5.41, 5.74) is 0. The normalized spacial score (nSPS) is 20.3. The number of rotatable bonds is 4. The number of hydrogen-bond acceptors (Lipinski definition) is 3. The Morgan fingerprint density at radius 1 is 1.27 bits per heavy atom. The Morgan fingerprint density at radius 3 is 3.07 bits per heavy atom. The van der Waals surface area contributed by atoms with Crippen LogP contribution in [0.1, 0.15) is 37.3 Å². The zero-order chi connectivity index (χ0) is 10.1. The second-order valence-corrected chi connectivity index (χ2v) is 4.72. The van der Waals surface area contributed by atoms with E-state index in [9.17, 15) is 0 Å². The van der Waals surface area contributed by atoms with Gasteiger partial charge in [0.1, 0.15) is 11.6 Å². The van der Waals surface area contributed by atoms with E-state index in [1.54, 1.807) is 0 Å². The first-order valence-corrected chi connectivity index (χ1v) is 6.05. The van der Waals surface area contributed by atoms with Gasteiger partial charge in [-0.05, 0) is 38.1 Å². The fourth-order valence-corrected chi connectivity index (χ4v) is 2.21. The van der Waals surface area contributed by atoms with Crippen molar-refractivity contribution >= 4 is 0 Å². The second-order valence-electron chi connectivity index (χ2n) is 4.72. The van der Waals surface area contributed by atoms with Gasteiger partial charge < -0.3 is 9.88 Å². The quantitative estimate of drug-likeness (QED) is 0.802. The first-order valence-electron chi connectivity index (χ1n) is 6.05. The maximum Gasteiger partial charge on any atom is 0.147 e. The Balaban J connectivity index is 1.60. The van der Waals surface area contributed by atoms with E-state index in [-0.39, 0.29) is 0 Å². The lowest BCUT2D eigenvalue weighted by Gasteiger charge is -2.14. The van der Waals surface area contributed by atoms with E-state index in [2.05, 4.69) is 20.1 Å². The molecular weight excluding hydrogens is 188 g/mol. The van der Waals surface area contributed by atoms with Crippen LogP contribution < -0.4 is 5.32 Å². The average molecular weight is 206 g/mol. The molecule has 2 heterocycles. The molecule has 0 bridgehead atoms. The van der Waals surface area contributed by atoms with Crippen molar-refractivity contribution in [3.63, 3.8) is 0 Å². The highest BCUT2D eigenvalue weighted by molar-refractivity contribution is 4.98. The molecule has 1 saturated carbocycles. The number of hydrogen-bond donors (Lipinski definition) is 1. The van der Waals surface area contributed by atoms with Crippen LogP contribution in [0.5, 0.6) is 0 Å². The number of fused-ring (bicyclic) bond motifs is 1. The molecule has 0 spiro atoms. The SMILES string of the molecule is C1CCn2c(nnc2CNCC2CC2)C1. The highest BCUT2D eigenvalue weighted by Gasteiger charge is 2.21. The summed E-state index contributed by atoms with van der Waals surface area (Å²) in [5, 5.41) is 12.0. The van der Waals surface area contributed by atoms with Crippen LogP contribution >= 0.6 is 0 Å². The van der Waals surface area contributed by atoms with Gasteiger partial charge in [0.15, 0.2) is 0 Å². The van der Waals surface area contributed by atoms with Gasteiger partial charge in [-0.15, -0.1) is 10.2 Å². The van der Waals surface area contributed by atoms with Crippen molar-refractivity contribution in [1.82, 2.24) is 20.1 Å². The lowest BCUT2D eigenvalue weighted by Crippen LogP contribution is -2.21. The van der Waals surface area contributed by atoms with Crippen molar-refractivity contribution in [1.29, 1.82) is 0 Å². The van der Waals surface area contributed by atoms with Gasteiger partial charge in [0, 0.05) is 13.0 Å². The lowest BCUT2D eigenvalue weighted by atomic mass is 10.2. The van der Waals surface area contributed by atoms with Gasteiger partial charge in [0.05, 0.1) is 6.54 Å². The molecular formula is C11H18N4. The molecule has 0 unspecified atom stereocenters. The number of nitrogens with one attached hydrogen (secondary N) is 1. The molecule has 1 fully saturated rings. The molecule has 0 radical (unpaired) electrons. The molecule has 0 amide bonds. The molecule has 4 nitrogen and oxygen atoms in total. The van der Waals surface area contributed by atoms with Crippen molar-refractivity contribution in [3.8, 4) is 0 Å². The average Bonchev–Trinajstić information content (AvgIpc) is 3.00. The molecule has 1 aliphatic carbocycles. The second kappa shape index (κ2) is 3.93. The fraction of sp³-hybridized carbons (Fsp3) is 0.818. The lowest BCUT2D eigenvalue weighted by molar-refractivity contribution is 0.495. The smallest absolute Gasteiger partial charge is 0.147 e. The molecule has 2 aliphatic rings. The van der Waals surface area contributed by atoms with Gasteiger partial charge in [0.2, 0.25) is 0 Å². The number of nitrogens with zero attached hydrogens (tertiary/aromatic N) is 3. The van der Waals surface area contributed by atoms with Crippen LogP contribution in [-0.4, -0.2) is 21.3 Å². The molecule has 1 aliphatic heterocycles. The van der Waals surface area contributed by atoms with E-state index in [0.29, 0.717) is 0 Å². The van der Waals surface area contributed by atoms with E-state index in [1.807, 2.05) is 0 Å². The topological polar surface area (TPSA) is 42.7 Å². The van der Waals surface area contributed by atoms with Crippen LogP contribution in [0.2, 0.25) is 0 Å². The number of aromatic nitrogens is 3. The van der Waals surface area contributed by atoms with Gasteiger partial charge in [0.25, 0.3) is 0 Å². The summed E-state index contributed by atoms with van der Waals surface area (Å²) in [6, 6.07) is 0. The summed E-state index contributed by atoms with van der Waals surface area (Å²) >= 11 is 0. The van der Waals surface area contributed by atoms with E-state index in [4.69, 9.17) is 0 Å². The zero-order valence-electron chi connectivity index (χ0n) is 9.08. The molecule has 0 atom stereocenters. The summed E-state index contributed by atoms with van der Waals surface area (Å²) in [4.78, 5) is 0. The third-order valence-corrected chi connectivity index (χ3v) is 3.35. The minimum Gasteiger partial charge on any atom is -0.314 e. The van der Waals surface area contributed by atoms with Gasteiger partial charge in [-0.25, -0.2) is 0 Å². The van der Waals surface area contributed by atoms with Crippen molar-refractivity contribution < 1.29 is 0 Å². The molecule has 15 heavy (non-hydrogen) atoms. The van der Waals surface area contributed by atoms with Crippen molar-refractivity contribution in [2.45, 2.75) is 45.2 Å². The minimum atomic E-state index is 0.892. The summed E-state index contributed by atoms with van der Waals surface area (Å²) in [6.45, 7) is 3.16. The van der Waals surface area contributed by atoms with E-state index >= 15 is 0 Å². The molecule has 0 aromatic carbocycles. The largest absolute Gasteiger partial charge is 0.314 e. The summed E-state index contributed by atoms with van der Waals surface area (Å²) < 4.78 is 2.30. The van der Waals surface area contributed by atoms with Crippen LogP contribution in [0.4, 0.5) is 0 Å². The summed E-state index contributed by atoms with van der Waals surface area (Å²) in [6.07, 6.45) is 6.47. The molecule has 1 N–H and O–H groups in total. The first-order chi connectivity index (χ1) is 7.43. The number of aryl methyl sites for hydroxylation is 1. The van der Waals surface area contributed by atoms with Crippen molar-refractivity contribution in [2.75, 3.05) is 6.54 Å². The predicted octanol–water partition coefficient (Wildman–Crippen LogP) is 1.11. The van der Waals surface area contributed by atoms with Crippen LogP contribution in [-0.2, 0) is 19.5 Å². The summed E-state index contributed by atoms with van der Waals surface area (Å²) in [5.74, 6) is 3.25. The van der Waals surface area contributed by atoms with Crippen LogP contribution in [0, 0.1) is 5.92 Å². The van der Waals surface area contributed by atoms with Gasteiger partial charge in [-0.1, -0.05) is 0 Å². The Bertz CT molecular complexity index is 340. The highest BCUT2D eigenvalue weighted by atomic mass is 15.3. The minimum absolute atomic E-state index is 0.892. The fourth-order valence-electron chi connectivity index (χ4n) is 2.21. The zero-order valence-corrected chi connectivity index (χ0v) is 9.08. The third-order valence-electron chi connectivity index (χ3n) is 3.35. The molecule has 82 valence electrons. The maximum absolute atomic E-state index is 4.27. The Morgan fingerprint density at radius 2 is 2.20 bits per heavy atom. The van der Waals surface area contributed by atoms with E-state index < -0.39 is 0 Å². The van der Waals surface area contributed by atoms with E-state index in [0.717, 1.165) is 37.8 Å². The van der Waals surface area contributed by atoms with E-state index in [1.165, 1.54) is 31.5 Å². The molecule has 0 saturated heterocycles. The molecule has 1 aromatic rings. The highest BCUT2D eigenvalue weighted by Crippen LogP contribution is 2.27. The van der Waals surface area contributed by atoms with Crippen molar-refractivity contribution in [3.05, 3.63) is 11.6 Å². The predicted molar refractivity (Wildman–Crippen MR) is 57.4 cm³/mol. The van der Waals surface area contributed by atoms with Crippen molar-refractivity contribution in [2.24, 2.45) is 5.92 Å². The Kier molecular flexibility index (Phi) is 2.44. The monoisotopic (exact) mass is 206 g/mol. The van der Waals surface area contributed by atoms with Gasteiger partial charge in [-0.3, -0.25) is 0 Å². The standard InChI is InChI=1S/C11H18N4/c1-2-6-15-10(3-1)13-14-11(15)8-12-7-9-4-5-9/h9,12H,1-8H2. The van der Waals surface area contributed by atoms with Crippen LogP contribution in [0.15, 0.2) is 0 Å². The summed E-state index contributed by atoms with van der Waals surface area (Å²) in [7, 11) is 0. The third kappa shape index (κ3) is 2.04. The van der Waals surface area contributed by atoms with Gasteiger partial charge in [-0.2, -0.15) is 0 Å². The van der Waals surface area contributed by atoms with Crippen LogP contribution in [0.3, 0.4) is 0 Å². The van der Waals surface area contributed by atoms with Crippen LogP contribution in [0.25, 0.3) is 0 Å².